The van der Waals surface area contributed by atoms with Crippen molar-refractivity contribution >= 4 is 0 Å². The second kappa shape index (κ2) is 3.21. The summed E-state index contributed by atoms with van der Waals surface area (Å²) in [5.41, 5.74) is 0. The van der Waals surface area contributed by atoms with Crippen LogP contribution in [-0.2, 0) is 4.74 Å². The minimum atomic E-state index is 0.532. The van der Waals surface area contributed by atoms with E-state index in [-0.39, 0.29) is 0 Å². The molecule has 1 fully saturated rings. The van der Waals surface area contributed by atoms with E-state index in [1.54, 1.807) is 0 Å². The quantitative estimate of drug-likeness (QED) is 0.554. The molecule has 1 nitrogen and oxygen atoms in total. The van der Waals surface area contributed by atoms with Gasteiger partial charge < -0.3 is 4.74 Å². The maximum Gasteiger partial charge on any atom is 0.0575 e. The van der Waals surface area contributed by atoms with Crippen molar-refractivity contribution in [3.8, 4) is 0 Å². The van der Waals surface area contributed by atoms with E-state index >= 15 is 0 Å². The van der Waals surface area contributed by atoms with E-state index in [0.29, 0.717) is 6.10 Å². The second-order valence-electron chi connectivity index (χ2n) is 2.91. The zero-order valence-electron chi connectivity index (χ0n) is 6.39. The van der Waals surface area contributed by atoms with E-state index in [1.807, 2.05) is 0 Å². The molecule has 1 heteroatoms. The Morgan fingerprint density at radius 2 is 2.33 bits per heavy atom. The summed E-state index contributed by atoms with van der Waals surface area (Å²) in [6, 6.07) is 0. The van der Waals surface area contributed by atoms with Crippen molar-refractivity contribution in [2.24, 2.45) is 5.92 Å². The molecule has 0 radical (unpaired) electrons. The highest BCUT2D eigenvalue weighted by molar-refractivity contribution is 4.71. The maximum atomic E-state index is 5.42. The molecule has 0 bridgehead atoms. The molecule has 0 saturated carbocycles. The molecule has 0 aromatic carbocycles. The summed E-state index contributed by atoms with van der Waals surface area (Å²) >= 11 is 0. The third-order valence-corrected chi connectivity index (χ3v) is 2.19. The Morgan fingerprint density at radius 1 is 1.56 bits per heavy atom. The first-order valence-corrected chi connectivity index (χ1v) is 3.96. The van der Waals surface area contributed by atoms with Gasteiger partial charge in [-0.1, -0.05) is 13.3 Å². The molecular weight excluding hydrogens is 112 g/mol. The van der Waals surface area contributed by atoms with Crippen LogP contribution >= 0.6 is 0 Å². The molecule has 0 aliphatic carbocycles. The average molecular weight is 128 g/mol. The normalized spacial score (nSPS) is 35.3. The first-order chi connectivity index (χ1) is 4.34. The standard InChI is InChI=1S/C8H16O/c1-3-4-8-5-6-9-7(8)2/h7-8H,3-6H2,1-2H3/t7-,8-/m1/s1. The molecule has 0 unspecified atom stereocenters. The van der Waals surface area contributed by atoms with Crippen LogP contribution in [0.25, 0.3) is 0 Å². The van der Waals surface area contributed by atoms with Gasteiger partial charge in [0.25, 0.3) is 0 Å². The van der Waals surface area contributed by atoms with E-state index in [4.69, 9.17) is 4.74 Å². The molecule has 1 heterocycles. The van der Waals surface area contributed by atoms with Gasteiger partial charge in [0.1, 0.15) is 0 Å². The van der Waals surface area contributed by atoms with Crippen LogP contribution in [0, 0.1) is 5.92 Å². The minimum Gasteiger partial charge on any atom is -0.378 e. The highest BCUT2D eigenvalue weighted by atomic mass is 16.5. The number of hydrogen-bond donors (Lipinski definition) is 0. The topological polar surface area (TPSA) is 9.23 Å². The predicted molar refractivity (Wildman–Crippen MR) is 38.4 cm³/mol. The lowest BCUT2D eigenvalue weighted by molar-refractivity contribution is 0.104. The maximum absolute atomic E-state index is 5.42. The van der Waals surface area contributed by atoms with Gasteiger partial charge in [0, 0.05) is 6.61 Å². The van der Waals surface area contributed by atoms with E-state index in [1.165, 1.54) is 19.3 Å². The van der Waals surface area contributed by atoms with Crippen LogP contribution in [0.15, 0.2) is 0 Å². The van der Waals surface area contributed by atoms with Gasteiger partial charge in [-0.3, -0.25) is 0 Å². The van der Waals surface area contributed by atoms with Crippen molar-refractivity contribution in [3.05, 3.63) is 0 Å². The smallest absolute Gasteiger partial charge is 0.0575 e. The van der Waals surface area contributed by atoms with Crippen molar-refractivity contribution in [1.29, 1.82) is 0 Å². The molecule has 9 heavy (non-hydrogen) atoms. The summed E-state index contributed by atoms with van der Waals surface area (Å²) in [7, 11) is 0. The van der Waals surface area contributed by atoms with Crippen molar-refractivity contribution in [2.75, 3.05) is 6.61 Å². The highest BCUT2D eigenvalue weighted by Crippen LogP contribution is 2.24. The fraction of sp³-hybridized carbons (Fsp3) is 1.00. The largest absolute Gasteiger partial charge is 0.378 e. The molecule has 0 spiro atoms. The lowest BCUT2D eigenvalue weighted by Gasteiger charge is -2.11. The van der Waals surface area contributed by atoms with Gasteiger partial charge in [0.05, 0.1) is 6.10 Å². The first kappa shape index (κ1) is 7.07. The van der Waals surface area contributed by atoms with E-state index in [2.05, 4.69) is 13.8 Å². The Kier molecular flexibility index (Phi) is 2.52. The molecule has 1 rings (SSSR count). The van der Waals surface area contributed by atoms with Gasteiger partial charge in [-0.25, -0.2) is 0 Å². The third-order valence-electron chi connectivity index (χ3n) is 2.19. The van der Waals surface area contributed by atoms with Crippen molar-refractivity contribution in [3.63, 3.8) is 0 Å². The monoisotopic (exact) mass is 128 g/mol. The molecule has 2 atom stereocenters. The summed E-state index contributed by atoms with van der Waals surface area (Å²) in [6.07, 6.45) is 4.47. The first-order valence-electron chi connectivity index (χ1n) is 3.96. The van der Waals surface area contributed by atoms with Gasteiger partial charge in [-0.15, -0.1) is 0 Å². The van der Waals surface area contributed by atoms with Gasteiger partial charge in [-0.2, -0.15) is 0 Å². The van der Waals surface area contributed by atoms with Crippen LogP contribution in [0.1, 0.15) is 33.1 Å². The Hall–Kier alpha value is -0.0400. The Labute approximate surface area is 57.4 Å². The van der Waals surface area contributed by atoms with Crippen LogP contribution in [0.2, 0.25) is 0 Å². The number of rotatable bonds is 2. The van der Waals surface area contributed by atoms with Crippen LogP contribution in [0.5, 0.6) is 0 Å². The molecule has 0 aromatic rings. The molecule has 54 valence electrons. The average Bonchev–Trinajstić information content (AvgIpc) is 2.18. The van der Waals surface area contributed by atoms with Crippen LogP contribution in [-0.4, -0.2) is 12.7 Å². The highest BCUT2D eigenvalue weighted by Gasteiger charge is 2.22. The fourth-order valence-electron chi connectivity index (χ4n) is 1.53. The molecule has 0 amide bonds. The lowest BCUT2D eigenvalue weighted by Crippen LogP contribution is -2.10. The fourth-order valence-corrected chi connectivity index (χ4v) is 1.53. The summed E-state index contributed by atoms with van der Waals surface area (Å²) in [4.78, 5) is 0. The van der Waals surface area contributed by atoms with Crippen LogP contribution in [0.3, 0.4) is 0 Å². The van der Waals surface area contributed by atoms with Crippen LogP contribution < -0.4 is 0 Å². The van der Waals surface area contributed by atoms with Crippen molar-refractivity contribution < 1.29 is 4.74 Å². The third kappa shape index (κ3) is 1.68. The summed E-state index contributed by atoms with van der Waals surface area (Å²) in [6.45, 7) is 5.42. The molecule has 0 N–H and O–H groups in total. The zero-order chi connectivity index (χ0) is 6.69. The van der Waals surface area contributed by atoms with E-state index in [0.717, 1.165) is 12.5 Å². The van der Waals surface area contributed by atoms with E-state index in [9.17, 15) is 0 Å². The minimum absolute atomic E-state index is 0.532. The van der Waals surface area contributed by atoms with Gasteiger partial charge in [0.15, 0.2) is 0 Å². The summed E-state index contributed by atoms with van der Waals surface area (Å²) < 4.78 is 5.42. The molecule has 1 aliphatic heterocycles. The van der Waals surface area contributed by atoms with Crippen molar-refractivity contribution in [1.82, 2.24) is 0 Å². The number of hydrogen-bond acceptors (Lipinski definition) is 1. The Balaban J connectivity index is 2.22. The van der Waals surface area contributed by atoms with E-state index < -0.39 is 0 Å². The Morgan fingerprint density at radius 3 is 2.78 bits per heavy atom. The van der Waals surface area contributed by atoms with Crippen molar-refractivity contribution in [2.45, 2.75) is 39.2 Å². The zero-order valence-corrected chi connectivity index (χ0v) is 6.39. The number of ether oxygens (including phenoxy) is 1. The van der Waals surface area contributed by atoms with Gasteiger partial charge in [-0.05, 0) is 25.7 Å². The molecule has 1 aliphatic rings. The molecule has 0 aromatic heterocycles. The SMILES string of the molecule is CCC[C@@H]1CCO[C@@H]1C. The summed E-state index contributed by atoms with van der Waals surface area (Å²) in [5.74, 6) is 0.856. The Bertz CT molecular complexity index is 80.6. The lowest BCUT2D eigenvalue weighted by atomic mass is 9.98. The predicted octanol–water partition coefficient (Wildman–Crippen LogP) is 2.21. The molecule has 1 saturated heterocycles. The second-order valence-corrected chi connectivity index (χ2v) is 2.91. The molecular formula is C8H16O. The summed E-state index contributed by atoms with van der Waals surface area (Å²) in [5, 5.41) is 0. The van der Waals surface area contributed by atoms with Crippen LogP contribution in [0.4, 0.5) is 0 Å². The van der Waals surface area contributed by atoms with Gasteiger partial charge >= 0.3 is 0 Å². The van der Waals surface area contributed by atoms with Gasteiger partial charge in [0.2, 0.25) is 0 Å².